The molecule has 1 aromatic carbocycles. The van der Waals surface area contributed by atoms with Gasteiger partial charge in [-0.3, -0.25) is 0 Å². The zero-order valence-electron chi connectivity index (χ0n) is 13.7. The first-order chi connectivity index (χ1) is 12.0. The van der Waals surface area contributed by atoms with Crippen LogP contribution in [0.4, 0.5) is 8.78 Å². The molecule has 0 fully saturated rings. The number of aromatic nitrogens is 2. The molecular weight excluding hydrogens is 328 g/mol. The lowest BCUT2D eigenvalue weighted by atomic mass is 10.1. The Morgan fingerprint density at radius 3 is 2.72 bits per heavy atom. The van der Waals surface area contributed by atoms with Crippen LogP contribution in [-0.2, 0) is 6.54 Å². The fraction of sp³-hybridized carbons (Fsp3) is 0.278. The number of pyridine rings is 1. The number of aliphatic hydroxyl groups excluding tert-OH is 1. The summed E-state index contributed by atoms with van der Waals surface area (Å²) < 4.78 is 30.5. The maximum Gasteiger partial charge on any atom is 0.387 e. The van der Waals surface area contributed by atoms with Crippen molar-refractivity contribution in [2.24, 2.45) is 0 Å². The largest absolute Gasteiger partial charge is 0.435 e. The number of nitrogens with one attached hydrogen (secondary N) is 1. The third-order valence-corrected chi connectivity index (χ3v) is 3.88. The van der Waals surface area contributed by atoms with E-state index < -0.39 is 12.7 Å². The molecule has 0 aliphatic heterocycles. The van der Waals surface area contributed by atoms with Crippen LogP contribution in [0.25, 0.3) is 5.65 Å². The van der Waals surface area contributed by atoms with Crippen LogP contribution in [0.5, 0.6) is 5.75 Å². The molecule has 0 bridgehead atoms. The van der Waals surface area contributed by atoms with Crippen molar-refractivity contribution in [1.29, 1.82) is 0 Å². The van der Waals surface area contributed by atoms with Crippen LogP contribution in [0.15, 0.2) is 48.8 Å². The Bertz CT molecular complexity index is 834. The number of hydrogen-bond acceptors (Lipinski definition) is 4. The minimum Gasteiger partial charge on any atom is -0.435 e. The van der Waals surface area contributed by atoms with Gasteiger partial charge in [-0.25, -0.2) is 4.98 Å². The highest BCUT2D eigenvalue weighted by Gasteiger charge is 2.10. The molecule has 0 saturated carbocycles. The van der Waals surface area contributed by atoms with Gasteiger partial charge in [0, 0.05) is 19.3 Å². The number of aryl methyl sites for hydroxylation is 1. The van der Waals surface area contributed by atoms with Crippen molar-refractivity contribution in [2.75, 3.05) is 6.54 Å². The SMILES string of the molecule is Cc1ccn2c(CNCC(O)c3ccc(OC(F)F)cc3)cnc2c1. The molecule has 2 N–H and O–H groups in total. The highest BCUT2D eigenvalue weighted by Crippen LogP contribution is 2.19. The minimum absolute atomic E-state index is 0.0694. The molecule has 0 aliphatic rings. The highest BCUT2D eigenvalue weighted by atomic mass is 19.3. The van der Waals surface area contributed by atoms with Gasteiger partial charge in [0.1, 0.15) is 11.4 Å². The van der Waals surface area contributed by atoms with E-state index in [1.807, 2.05) is 29.7 Å². The Kier molecular flexibility index (Phi) is 5.25. The summed E-state index contributed by atoms with van der Waals surface area (Å²) in [5.74, 6) is 0.0694. The molecule has 3 aromatic rings. The molecule has 0 saturated heterocycles. The molecule has 1 atom stereocenters. The molecule has 2 heterocycles. The van der Waals surface area contributed by atoms with Crippen LogP contribution < -0.4 is 10.1 Å². The summed E-state index contributed by atoms with van der Waals surface area (Å²) in [5, 5.41) is 13.4. The second-order valence-electron chi connectivity index (χ2n) is 5.78. The van der Waals surface area contributed by atoms with Crippen LogP contribution in [-0.4, -0.2) is 27.6 Å². The normalized spacial score (nSPS) is 12.7. The van der Waals surface area contributed by atoms with E-state index in [-0.39, 0.29) is 5.75 Å². The maximum atomic E-state index is 12.1. The predicted molar refractivity (Wildman–Crippen MR) is 89.7 cm³/mol. The summed E-state index contributed by atoms with van der Waals surface area (Å²) in [5.41, 5.74) is 3.64. The lowest BCUT2D eigenvalue weighted by Crippen LogP contribution is -2.21. The molecule has 1 unspecified atom stereocenters. The molecule has 25 heavy (non-hydrogen) atoms. The first-order valence-electron chi connectivity index (χ1n) is 7.89. The maximum absolute atomic E-state index is 12.1. The van der Waals surface area contributed by atoms with Crippen molar-refractivity contribution in [3.05, 3.63) is 65.6 Å². The van der Waals surface area contributed by atoms with E-state index in [1.54, 1.807) is 18.3 Å². The quantitative estimate of drug-likeness (QED) is 0.690. The number of imidazole rings is 1. The lowest BCUT2D eigenvalue weighted by Gasteiger charge is -2.13. The number of nitrogens with zero attached hydrogens (tertiary/aromatic N) is 2. The van der Waals surface area contributed by atoms with Gasteiger partial charge >= 0.3 is 6.61 Å². The van der Waals surface area contributed by atoms with Crippen LogP contribution in [0, 0.1) is 6.92 Å². The highest BCUT2D eigenvalue weighted by molar-refractivity contribution is 5.42. The molecule has 0 radical (unpaired) electrons. The van der Waals surface area contributed by atoms with Gasteiger partial charge in [-0.15, -0.1) is 0 Å². The van der Waals surface area contributed by atoms with Gasteiger partial charge < -0.3 is 19.6 Å². The van der Waals surface area contributed by atoms with Gasteiger partial charge in [-0.05, 0) is 42.3 Å². The number of halogens is 2. The van der Waals surface area contributed by atoms with Crippen LogP contribution in [0.1, 0.15) is 22.9 Å². The average molecular weight is 347 g/mol. The fourth-order valence-corrected chi connectivity index (χ4v) is 2.59. The first kappa shape index (κ1) is 17.3. The second-order valence-corrected chi connectivity index (χ2v) is 5.78. The summed E-state index contributed by atoms with van der Waals surface area (Å²) in [6, 6.07) is 9.98. The zero-order valence-corrected chi connectivity index (χ0v) is 13.7. The van der Waals surface area contributed by atoms with Crippen LogP contribution in [0.3, 0.4) is 0 Å². The number of rotatable bonds is 7. The molecule has 3 rings (SSSR count). The number of fused-ring (bicyclic) bond motifs is 1. The fourth-order valence-electron chi connectivity index (χ4n) is 2.59. The Hall–Kier alpha value is -2.51. The van der Waals surface area contributed by atoms with E-state index >= 15 is 0 Å². The minimum atomic E-state index is -2.85. The molecule has 2 aromatic heterocycles. The number of ether oxygens (including phenoxy) is 1. The van der Waals surface area contributed by atoms with Gasteiger partial charge in [-0.2, -0.15) is 8.78 Å². The van der Waals surface area contributed by atoms with Gasteiger partial charge in [0.05, 0.1) is 18.0 Å². The molecule has 132 valence electrons. The predicted octanol–water partition coefficient (Wildman–Crippen LogP) is 3.07. The summed E-state index contributed by atoms with van der Waals surface area (Å²) in [4.78, 5) is 4.35. The number of benzene rings is 1. The zero-order chi connectivity index (χ0) is 17.8. The van der Waals surface area contributed by atoms with Crippen LogP contribution in [0.2, 0.25) is 0 Å². The summed E-state index contributed by atoms with van der Waals surface area (Å²) in [6.45, 7) is 0.0366. The Morgan fingerprint density at radius 1 is 1.24 bits per heavy atom. The summed E-state index contributed by atoms with van der Waals surface area (Å²) in [6.07, 6.45) is 3.01. The van der Waals surface area contributed by atoms with Crippen molar-refractivity contribution < 1.29 is 18.6 Å². The van der Waals surface area contributed by atoms with Crippen LogP contribution >= 0.6 is 0 Å². The Morgan fingerprint density at radius 2 is 2.00 bits per heavy atom. The van der Waals surface area contributed by atoms with Crippen molar-refractivity contribution in [1.82, 2.24) is 14.7 Å². The third kappa shape index (κ3) is 4.32. The Labute approximate surface area is 143 Å². The average Bonchev–Trinajstić information content (AvgIpc) is 2.97. The molecule has 7 heteroatoms. The third-order valence-electron chi connectivity index (χ3n) is 3.88. The second kappa shape index (κ2) is 7.58. The van der Waals surface area contributed by atoms with E-state index in [4.69, 9.17) is 0 Å². The van der Waals surface area contributed by atoms with E-state index in [2.05, 4.69) is 15.0 Å². The number of hydrogen-bond donors (Lipinski definition) is 2. The van der Waals surface area contributed by atoms with E-state index in [0.717, 1.165) is 16.9 Å². The van der Waals surface area contributed by atoms with Gasteiger partial charge in [0.2, 0.25) is 0 Å². The van der Waals surface area contributed by atoms with Crippen molar-refractivity contribution in [3.8, 4) is 5.75 Å². The molecular formula is C18H19F2N3O2. The molecule has 0 spiro atoms. The van der Waals surface area contributed by atoms with Gasteiger partial charge in [0.15, 0.2) is 0 Å². The van der Waals surface area contributed by atoms with Gasteiger partial charge in [-0.1, -0.05) is 12.1 Å². The van der Waals surface area contributed by atoms with Gasteiger partial charge in [0.25, 0.3) is 0 Å². The van der Waals surface area contributed by atoms with E-state index in [9.17, 15) is 13.9 Å². The number of aliphatic hydroxyl groups is 1. The summed E-state index contributed by atoms with van der Waals surface area (Å²) >= 11 is 0. The van der Waals surface area contributed by atoms with Crippen molar-refractivity contribution >= 4 is 5.65 Å². The molecule has 0 aliphatic carbocycles. The monoisotopic (exact) mass is 347 g/mol. The Balaban J connectivity index is 1.55. The smallest absolute Gasteiger partial charge is 0.387 e. The van der Waals surface area contributed by atoms with E-state index in [0.29, 0.717) is 18.7 Å². The topological polar surface area (TPSA) is 58.8 Å². The lowest BCUT2D eigenvalue weighted by molar-refractivity contribution is -0.0498. The van der Waals surface area contributed by atoms with Crippen molar-refractivity contribution in [3.63, 3.8) is 0 Å². The van der Waals surface area contributed by atoms with E-state index in [1.165, 1.54) is 12.1 Å². The first-order valence-corrected chi connectivity index (χ1v) is 7.89. The standard InChI is InChI=1S/C18H19F2N3O2/c1-12-6-7-23-14(10-22-17(23)8-12)9-21-11-16(24)13-2-4-15(5-3-13)25-18(19)20/h2-8,10,16,18,21,24H,9,11H2,1H3. The summed E-state index contributed by atoms with van der Waals surface area (Å²) in [7, 11) is 0. The van der Waals surface area contributed by atoms with Crippen molar-refractivity contribution in [2.45, 2.75) is 26.2 Å². The molecule has 5 nitrogen and oxygen atoms in total. The number of alkyl halides is 2. The molecule has 0 amide bonds.